The Morgan fingerprint density at radius 2 is 1.88 bits per heavy atom. The van der Waals surface area contributed by atoms with E-state index in [0.29, 0.717) is 38.5 Å². The minimum Gasteiger partial charge on any atom is -0.462 e. The van der Waals surface area contributed by atoms with Crippen LogP contribution in [0.5, 0.6) is 0 Å². The van der Waals surface area contributed by atoms with E-state index in [1.807, 2.05) is 23.1 Å². The maximum absolute atomic E-state index is 12.7. The van der Waals surface area contributed by atoms with Gasteiger partial charge in [-0.25, -0.2) is 13.2 Å². The van der Waals surface area contributed by atoms with Crippen LogP contribution in [-0.4, -0.2) is 66.3 Å². The molecule has 1 aliphatic rings. The van der Waals surface area contributed by atoms with Gasteiger partial charge >= 0.3 is 5.97 Å². The van der Waals surface area contributed by atoms with E-state index in [0.717, 1.165) is 5.56 Å². The normalized spacial score (nSPS) is 15.7. The first-order valence-electron chi connectivity index (χ1n) is 10.7. The summed E-state index contributed by atoms with van der Waals surface area (Å²) in [5, 5.41) is 0.0755. The zero-order valence-electron chi connectivity index (χ0n) is 18.5. The maximum atomic E-state index is 12.7. The Morgan fingerprint density at radius 1 is 1.18 bits per heavy atom. The number of aryl methyl sites for hydroxylation is 1. The van der Waals surface area contributed by atoms with Gasteiger partial charge in [0.2, 0.25) is 15.7 Å². The largest absolute Gasteiger partial charge is 0.462 e. The van der Waals surface area contributed by atoms with E-state index in [4.69, 9.17) is 9.15 Å². The fourth-order valence-corrected chi connectivity index (χ4v) is 5.46. The van der Waals surface area contributed by atoms with Crippen molar-refractivity contribution in [2.75, 3.05) is 32.8 Å². The van der Waals surface area contributed by atoms with Gasteiger partial charge in [0.05, 0.1) is 18.9 Å². The molecular formula is C22H26N4O6S. The highest BCUT2D eigenvalue weighted by molar-refractivity contribution is 7.88. The molecule has 0 aliphatic carbocycles. The van der Waals surface area contributed by atoms with Crippen LogP contribution in [0.3, 0.4) is 0 Å². The summed E-state index contributed by atoms with van der Waals surface area (Å²) in [4.78, 5) is 34.0. The summed E-state index contributed by atoms with van der Waals surface area (Å²) < 4.78 is 37.6. The number of carbonyl (C=O) groups excluding carboxylic acids is 1. The lowest BCUT2D eigenvalue weighted by molar-refractivity contribution is 0.0526. The number of fused-ring (bicyclic) bond motifs is 1. The van der Waals surface area contributed by atoms with Crippen LogP contribution < -0.4 is 5.56 Å². The minimum absolute atomic E-state index is 0.0278. The van der Waals surface area contributed by atoms with Gasteiger partial charge in [0.1, 0.15) is 22.5 Å². The first-order chi connectivity index (χ1) is 15.8. The van der Waals surface area contributed by atoms with Gasteiger partial charge < -0.3 is 14.1 Å². The van der Waals surface area contributed by atoms with Gasteiger partial charge in [-0.15, -0.1) is 0 Å². The second-order valence-corrected chi connectivity index (χ2v) is 9.83. The average Bonchev–Trinajstić information content (AvgIpc) is 3.11. The Morgan fingerprint density at radius 3 is 2.55 bits per heavy atom. The Hall–Kier alpha value is -3.02. The molecule has 176 valence electrons. The number of nitrogens with zero attached hydrogens (tertiary/aromatic N) is 3. The summed E-state index contributed by atoms with van der Waals surface area (Å²) in [5.74, 6) is 0.00903. The van der Waals surface area contributed by atoms with Gasteiger partial charge in [-0.2, -0.15) is 9.29 Å². The third kappa shape index (κ3) is 5.00. The first-order valence-corrected chi connectivity index (χ1v) is 12.3. The van der Waals surface area contributed by atoms with Gasteiger partial charge in [-0.3, -0.25) is 9.69 Å². The molecular weight excluding hydrogens is 448 g/mol. The number of hydrogen-bond donors (Lipinski definition) is 1. The molecule has 33 heavy (non-hydrogen) atoms. The van der Waals surface area contributed by atoms with Crippen LogP contribution >= 0.6 is 0 Å². The first kappa shape index (κ1) is 23.1. The van der Waals surface area contributed by atoms with Gasteiger partial charge in [0.15, 0.2) is 0 Å². The van der Waals surface area contributed by atoms with Crippen molar-refractivity contribution in [1.82, 2.24) is 19.2 Å². The molecule has 3 aromatic rings. The number of furan rings is 1. The number of H-pyrrole nitrogens is 1. The predicted molar refractivity (Wildman–Crippen MR) is 121 cm³/mol. The molecule has 0 bridgehead atoms. The van der Waals surface area contributed by atoms with E-state index >= 15 is 0 Å². The lowest BCUT2D eigenvalue weighted by Crippen LogP contribution is -2.48. The van der Waals surface area contributed by atoms with Gasteiger partial charge in [0, 0.05) is 26.2 Å². The number of sulfonamides is 1. The second-order valence-electron chi connectivity index (χ2n) is 7.86. The Kier molecular flexibility index (Phi) is 6.63. The third-order valence-corrected chi connectivity index (χ3v) is 7.41. The Balaban J connectivity index is 1.44. The van der Waals surface area contributed by atoms with E-state index in [-0.39, 0.29) is 34.8 Å². The van der Waals surface area contributed by atoms with Crippen LogP contribution in [0.1, 0.15) is 34.4 Å². The molecule has 0 amide bonds. The standard InChI is InChI=1S/C22H26N4O6S/c1-3-31-22(28)18-15(2)32-21-19(18)20(27)23-17(24-21)13-25-9-11-26(12-10-25)33(29,30)14-16-7-5-4-6-8-16/h4-8H,3,9-14H2,1-2H3,(H,23,24,27). The summed E-state index contributed by atoms with van der Waals surface area (Å²) in [5.41, 5.74) is 0.452. The fourth-order valence-electron chi connectivity index (χ4n) is 3.94. The molecule has 1 aromatic carbocycles. The van der Waals surface area contributed by atoms with Crippen molar-refractivity contribution in [2.24, 2.45) is 0 Å². The Bertz CT molecular complexity index is 1310. The SMILES string of the molecule is CCOC(=O)c1c(C)oc2nc(CN3CCN(S(=O)(=O)Cc4ccccc4)CC3)[nH]c(=O)c12. The summed E-state index contributed by atoms with van der Waals surface area (Å²) in [6, 6.07) is 9.10. The monoisotopic (exact) mass is 474 g/mol. The number of ether oxygens (including phenoxy) is 1. The van der Waals surface area contributed by atoms with Crippen molar-refractivity contribution in [3.8, 4) is 0 Å². The number of nitrogens with one attached hydrogen (secondary N) is 1. The van der Waals surface area contributed by atoms with Crippen molar-refractivity contribution in [2.45, 2.75) is 26.1 Å². The van der Waals surface area contributed by atoms with Gasteiger partial charge in [-0.05, 0) is 19.4 Å². The number of carbonyl (C=O) groups is 1. The van der Waals surface area contributed by atoms with Crippen molar-refractivity contribution >= 4 is 27.1 Å². The minimum atomic E-state index is -3.41. The molecule has 11 heteroatoms. The molecule has 1 fully saturated rings. The lowest BCUT2D eigenvalue weighted by atomic mass is 10.2. The average molecular weight is 475 g/mol. The summed E-state index contributed by atoms with van der Waals surface area (Å²) in [7, 11) is -3.41. The molecule has 0 atom stereocenters. The summed E-state index contributed by atoms with van der Waals surface area (Å²) >= 11 is 0. The van der Waals surface area contributed by atoms with Crippen LogP contribution in [-0.2, 0) is 27.1 Å². The van der Waals surface area contributed by atoms with Crippen molar-refractivity contribution < 1.29 is 22.4 Å². The molecule has 3 heterocycles. The van der Waals surface area contributed by atoms with Crippen molar-refractivity contribution in [3.05, 3.63) is 63.4 Å². The predicted octanol–water partition coefficient (Wildman–Crippen LogP) is 1.65. The molecule has 0 saturated carbocycles. The summed E-state index contributed by atoms with van der Waals surface area (Å²) in [6.07, 6.45) is 0. The maximum Gasteiger partial charge on any atom is 0.342 e. The van der Waals surface area contributed by atoms with Crippen molar-refractivity contribution in [3.63, 3.8) is 0 Å². The van der Waals surface area contributed by atoms with Crippen LogP contribution in [0.4, 0.5) is 0 Å². The van der Waals surface area contributed by atoms with E-state index in [2.05, 4.69) is 9.97 Å². The highest BCUT2D eigenvalue weighted by atomic mass is 32.2. The van der Waals surface area contributed by atoms with Crippen LogP contribution in [0.2, 0.25) is 0 Å². The molecule has 1 aliphatic heterocycles. The van der Waals surface area contributed by atoms with Gasteiger partial charge in [-0.1, -0.05) is 30.3 Å². The highest BCUT2D eigenvalue weighted by Gasteiger charge is 2.28. The topological polar surface area (TPSA) is 126 Å². The number of esters is 1. The lowest BCUT2D eigenvalue weighted by Gasteiger charge is -2.33. The van der Waals surface area contributed by atoms with Crippen molar-refractivity contribution in [1.29, 1.82) is 0 Å². The fraction of sp³-hybridized carbons (Fsp3) is 0.409. The zero-order chi connectivity index (χ0) is 23.6. The second kappa shape index (κ2) is 9.46. The molecule has 0 radical (unpaired) electrons. The zero-order valence-corrected chi connectivity index (χ0v) is 19.4. The van der Waals surface area contributed by atoms with Crippen LogP contribution in [0.15, 0.2) is 39.5 Å². The van der Waals surface area contributed by atoms with Crippen LogP contribution in [0.25, 0.3) is 11.1 Å². The van der Waals surface area contributed by atoms with Gasteiger partial charge in [0.25, 0.3) is 5.56 Å². The highest BCUT2D eigenvalue weighted by Crippen LogP contribution is 2.22. The van der Waals surface area contributed by atoms with Crippen LogP contribution in [0, 0.1) is 6.92 Å². The molecule has 0 spiro atoms. The van der Waals surface area contributed by atoms with E-state index in [1.54, 1.807) is 26.0 Å². The number of aromatic amines is 1. The van der Waals surface area contributed by atoms with E-state index < -0.39 is 21.6 Å². The number of piperazine rings is 1. The molecule has 2 aromatic heterocycles. The molecule has 4 rings (SSSR count). The van der Waals surface area contributed by atoms with E-state index in [9.17, 15) is 18.0 Å². The summed E-state index contributed by atoms with van der Waals surface area (Å²) in [6.45, 7) is 5.49. The number of aromatic nitrogens is 2. The molecule has 1 N–H and O–H groups in total. The smallest absolute Gasteiger partial charge is 0.342 e. The van der Waals surface area contributed by atoms with E-state index in [1.165, 1.54) is 4.31 Å². The molecule has 0 unspecified atom stereocenters. The molecule has 1 saturated heterocycles. The number of benzene rings is 1. The number of hydrogen-bond acceptors (Lipinski definition) is 8. The number of rotatable bonds is 7. The Labute approximate surface area is 191 Å². The molecule has 10 nitrogen and oxygen atoms in total. The third-order valence-electron chi connectivity index (χ3n) is 5.56. The quantitative estimate of drug-likeness (QED) is 0.513.